The maximum atomic E-state index is 12.8. The number of aromatic nitrogens is 4. The minimum absolute atomic E-state index is 0.119. The number of amides is 2. The number of fused-ring (bicyclic) bond motifs is 1. The van der Waals surface area contributed by atoms with Crippen molar-refractivity contribution in [2.24, 2.45) is 0 Å². The Balaban J connectivity index is 1.63. The molecule has 4 rings (SSSR count). The van der Waals surface area contributed by atoms with E-state index in [-0.39, 0.29) is 36.1 Å². The lowest BCUT2D eigenvalue weighted by molar-refractivity contribution is -0.139. The summed E-state index contributed by atoms with van der Waals surface area (Å²) in [5.74, 6) is -1.37. The van der Waals surface area contributed by atoms with E-state index < -0.39 is 24.0 Å². The number of esters is 2. The van der Waals surface area contributed by atoms with Gasteiger partial charge in [-0.15, -0.1) is 5.10 Å². The molecule has 0 spiro atoms. The summed E-state index contributed by atoms with van der Waals surface area (Å²) in [4.78, 5) is 46.0. The molecule has 0 aliphatic carbocycles. The second-order valence-corrected chi connectivity index (χ2v) is 7.32. The highest BCUT2D eigenvalue weighted by Gasteiger charge is 2.34. The summed E-state index contributed by atoms with van der Waals surface area (Å²) in [6.07, 6.45) is 0. The zero-order chi connectivity index (χ0) is 23.5. The van der Waals surface area contributed by atoms with Gasteiger partial charge in [0.2, 0.25) is 0 Å². The molecule has 1 aromatic carbocycles. The third-order valence-corrected chi connectivity index (χ3v) is 4.93. The first-order valence-corrected chi connectivity index (χ1v) is 10.3. The van der Waals surface area contributed by atoms with Crippen molar-refractivity contribution < 1.29 is 23.9 Å². The Labute approximate surface area is 188 Å². The molecule has 0 fully saturated rings. The van der Waals surface area contributed by atoms with Gasteiger partial charge in [-0.1, -0.05) is 30.3 Å². The van der Waals surface area contributed by atoms with E-state index in [4.69, 9.17) is 9.47 Å². The average Bonchev–Trinajstić information content (AvgIpc) is 3.22. The Hall–Kier alpha value is -4.28. The summed E-state index contributed by atoms with van der Waals surface area (Å²) in [5.41, 5.74) is 2.44. The molecule has 2 amide bonds. The van der Waals surface area contributed by atoms with Crippen molar-refractivity contribution in [2.75, 3.05) is 13.2 Å². The fourth-order valence-electron chi connectivity index (χ4n) is 3.53. The lowest BCUT2D eigenvalue weighted by atomic mass is 9.95. The Morgan fingerprint density at radius 2 is 1.85 bits per heavy atom. The van der Waals surface area contributed by atoms with E-state index in [1.165, 1.54) is 4.52 Å². The van der Waals surface area contributed by atoms with Gasteiger partial charge in [-0.2, -0.15) is 4.98 Å². The topological polar surface area (TPSA) is 137 Å². The van der Waals surface area contributed by atoms with E-state index in [1.54, 1.807) is 31.2 Å². The molecule has 1 aliphatic rings. The summed E-state index contributed by atoms with van der Waals surface area (Å²) >= 11 is 0. The van der Waals surface area contributed by atoms with Gasteiger partial charge in [0, 0.05) is 11.4 Å². The fraction of sp³-hybridized carbons (Fsp3) is 0.273. The highest BCUT2D eigenvalue weighted by atomic mass is 16.5. The molecule has 2 N–H and O–H groups in total. The molecule has 170 valence electrons. The molecule has 0 unspecified atom stereocenters. The molecule has 11 nitrogen and oxygen atoms in total. The largest absolute Gasteiger partial charge is 0.463 e. The van der Waals surface area contributed by atoms with Crippen LogP contribution in [0.25, 0.3) is 5.78 Å². The first-order valence-electron chi connectivity index (χ1n) is 10.3. The molecule has 33 heavy (non-hydrogen) atoms. The van der Waals surface area contributed by atoms with Crippen molar-refractivity contribution in [2.45, 2.75) is 26.8 Å². The maximum Gasteiger partial charge on any atom is 0.378 e. The zero-order valence-electron chi connectivity index (χ0n) is 18.3. The van der Waals surface area contributed by atoms with Gasteiger partial charge in [-0.05, 0) is 32.4 Å². The molecule has 3 aromatic rings. The fourth-order valence-corrected chi connectivity index (χ4v) is 3.53. The number of aryl methyl sites for hydroxylation is 2. The molecule has 2 aromatic heterocycles. The molecule has 0 saturated heterocycles. The standard InChI is InChI=1S/C22H22N6O5/c1-4-32-19(29)16-15(24-22(31)25-17(16)14-8-6-5-7-9-14)11-33-20(30)18-26-21-23-12(2)10-13(3)28(21)27-18/h5-10,17H,4,11H2,1-3H3,(H2,24,25,31)/t17-/m1/s1. The minimum atomic E-state index is -0.822. The number of nitrogens with one attached hydrogen (secondary N) is 2. The molecule has 3 heterocycles. The van der Waals surface area contributed by atoms with Crippen LogP contribution >= 0.6 is 0 Å². The van der Waals surface area contributed by atoms with Gasteiger partial charge in [-0.25, -0.2) is 23.9 Å². The predicted octanol–water partition coefficient (Wildman–Crippen LogP) is 1.77. The molecule has 0 bridgehead atoms. The van der Waals surface area contributed by atoms with Gasteiger partial charge in [0.25, 0.3) is 11.6 Å². The number of carbonyl (C=O) groups is 3. The number of benzene rings is 1. The van der Waals surface area contributed by atoms with Crippen LogP contribution in [0.4, 0.5) is 4.79 Å². The number of ether oxygens (including phenoxy) is 2. The lowest BCUT2D eigenvalue weighted by Crippen LogP contribution is -2.47. The first kappa shape index (κ1) is 21.9. The lowest BCUT2D eigenvalue weighted by Gasteiger charge is -2.29. The Morgan fingerprint density at radius 3 is 2.58 bits per heavy atom. The van der Waals surface area contributed by atoms with Crippen molar-refractivity contribution in [3.63, 3.8) is 0 Å². The molecule has 1 atom stereocenters. The van der Waals surface area contributed by atoms with Gasteiger partial charge in [0.1, 0.15) is 6.61 Å². The number of rotatable bonds is 6. The van der Waals surface area contributed by atoms with Crippen molar-refractivity contribution in [1.29, 1.82) is 0 Å². The monoisotopic (exact) mass is 450 g/mol. The minimum Gasteiger partial charge on any atom is -0.463 e. The van der Waals surface area contributed by atoms with Crippen LogP contribution in [-0.2, 0) is 14.3 Å². The summed E-state index contributed by atoms with van der Waals surface area (Å²) in [7, 11) is 0. The van der Waals surface area contributed by atoms with Gasteiger partial charge in [0.05, 0.1) is 23.9 Å². The van der Waals surface area contributed by atoms with Crippen LogP contribution in [0.2, 0.25) is 0 Å². The Bertz CT molecular complexity index is 1270. The van der Waals surface area contributed by atoms with E-state index in [9.17, 15) is 14.4 Å². The van der Waals surface area contributed by atoms with Crippen molar-refractivity contribution in [1.82, 2.24) is 30.2 Å². The first-order chi connectivity index (χ1) is 15.9. The predicted molar refractivity (Wildman–Crippen MR) is 115 cm³/mol. The smallest absolute Gasteiger partial charge is 0.378 e. The molecular weight excluding hydrogens is 428 g/mol. The Morgan fingerprint density at radius 1 is 1.09 bits per heavy atom. The highest BCUT2D eigenvalue weighted by molar-refractivity contribution is 5.95. The number of carbonyl (C=O) groups excluding carboxylic acids is 3. The number of nitrogens with zero attached hydrogens (tertiary/aromatic N) is 4. The van der Waals surface area contributed by atoms with Gasteiger partial charge >= 0.3 is 18.0 Å². The quantitative estimate of drug-likeness (QED) is 0.542. The third-order valence-electron chi connectivity index (χ3n) is 4.93. The molecule has 1 aliphatic heterocycles. The van der Waals surface area contributed by atoms with Crippen molar-refractivity contribution in [3.05, 3.63) is 70.4 Å². The molecule has 0 saturated carbocycles. The van der Waals surface area contributed by atoms with E-state index in [0.717, 1.165) is 11.4 Å². The number of hydrogen-bond acceptors (Lipinski definition) is 8. The van der Waals surface area contributed by atoms with Gasteiger partial charge in [0.15, 0.2) is 0 Å². The highest BCUT2D eigenvalue weighted by Crippen LogP contribution is 2.27. The summed E-state index contributed by atoms with van der Waals surface area (Å²) in [6, 6.07) is 9.45. The van der Waals surface area contributed by atoms with Crippen LogP contribution in [0.5, 0.6) is 0 Å². The number of hydrogen-bond donors (Lipinski definition) is 2. The molecule has 0 radical (unpaired) electrons. The van der Waals surface area contributed by atoms with Crippen LogP contribution in [0.1, 0.15) is 40.5 Å². The summed E-state index contributed by atoms with van der Waals surface area (Å²) < 4.78 is 12.0. The Kier molecular flexibility index (Phi) is 6.03. The average molecular weight is 450 g/mol. The van der Waals surface area contributed by atoms with Crippen LogP contribution in [0.3, 0.4) is 0 Å². The van der Waals surface area contributed by atoms with Crippen LogP contribution in [0, 0.1) is 13.8 Å². The summed E-state index contributed by atoms with van der Waals surface area (Å²) in [6.45, 7) is 5.06. The molecule has 11 heteroatoms. The van der Waals surface area contributed by atoms with E-state index in [2.05, 4.69) is 25.7 Å². The van der Waals surface area contributed by atoms with E-state index in [0.29, 0.717) is 5.56 Å². The second-order valence-electron chi connectivity index (χ2n) is 7.32. The van der Waals surface area contributed by atoms with E-state index in [1.807, 2.05) is 26.0 Å². The van der Waals surface area contributed by atoms with Gasteiger partial charge in [-0.3, -0.25) is 0 Å². The van der Waals surface area contributed by atoms with Crippen LogP contribution in [-0.4, -0.2) is 50.8 Å². The zero-order valence-corrected chi connectivity index (χ0v) is 18.3. The maximum absolute atomic E-state index is 12.8. The van der Waals surface area contributed by atoms with Crippen LogP contribution in [0.15, 0.2) is 47.7 Å². The normalized spacial score (nSPS) is 15.7. The van der Waals surface area contributed by atoms with E-state index >= 15 is 0 Å². The second kappa shape index (κ2) is 9.07. The van der Waals surface area contributed by atoms with Crippen molar-refractivity contribution in [3.8, 4) is 0 Å². The van der Waals surface area contributed by atoms with Crippen LogP contribution < -0.4 is 10.6 Å². The number of urea groups is 1. The van der Waals surface area contributed by atoms with Crippen molar-refractivity contribution >= 4 is 23.7 Å². The SMILES string of the molecule is CCOC(=O)C1=C(COC(=O)c2nc3nc(C)cc(C)n3n2)NC(=O)N[C@@H]1c1ccccc1. The third kappa shape index (κ3) is 4.52. The molecular formula is C22H22N6O5. The summed E-state index contributed by atoms with van der Waals surface area (Å²) in [5, 5.41) is 9.40. The van der Waals surface area contributed by atoms with Gasteiger partial charge < -0.3 is 20.1 Å².